The molecule has 0 saturated carbocycles. The molecule has 1 aliphatic carbocycles. The van der Waals surface area contributed by atoms with Gasteiger partial charge in [0.1, 0.15) is 43.0 Å². The number of fused-ring (bicyclic) bond motifs is 2. The van der Waals surface area contributed by atoms with Gasteiger partial charge in [0, 0.05) is 30.7 Å². The fourth-order valence-corrected chi connectivity index (χ4v) is 8.43. The van der Waals surface area contributed by atoms with Crippen LogP contribution in [0.15, 0.2) is 82.6 Å². The number of carbonyl (C=O) groups is 2. The maximum Gasteiger partial charge on any atom is 0.361 e. The largest absolute Gasteiger partial charge is 0.462 e. The van der Waals surface area contributed by atoms with Crippen LogP contribution in [0.25, 0.3) is 0 Å². The smallest absolute Gasteiger partial charge is 0.361 e. The lowest BCUT2D eigenvalue weighted by Crippen LogP contribution is -2.58. The maximum absolute atomic E-state index is 14.1. The highest BCUT2D eigenvalue weighted by Gasteiger charge is 2.60. The number of oxime groups is 1. The van der Waals surface area contributed by atoms with Crippen LogP contribution in [-0.2, 0) is 38.1 Å². The molecule has 3 fully saturated rings. The summed E-state index contributed by atoms with van der Waals surface area (Å²) in [5.74, 6) is -3.24. The third kappa shape index (κ3) is 7.57. The summed E-state index contributed by atoms with van der Waals surface area (Å²) in [6, 6.07) is 9.00. The van der Waals surface area contributed by atoms with Crippen LogP contribution in [0, 0.1) is 17.8 Å². The van der Waals surface area contributed by atoms with Gasteiger partial charge in [-0.3, -0.25) is 4.79 Å². The van der Waals surface area contributed by atoms with Gasteiger partial charge in [-0.2, -0.15) is 0 Å². The fraction of sp³-hybridized carbons (Fsp3) is 0.585. The Bertz CT molecular complexity index is 1630. The molecular formula is C41H53NO10. The second-order valence-corrected chi connectivity index (χ2v) is 15.1. The number of carbonyl (C=O) groups excluding carboxylic acids is 2. The standard InChI is InChI=1S/C41H53NO10/c1-7-33-24(2)18-19-40(52-33)22-31-21-30(51-40)17-16-26(4)36(50-39(45)34(42-47-6)28-13-9-8-10-14-28)25(3)12-11-15-29-23-48-37-35(43)27(5)20-32(38(44)49-31)41(29,37)46/h8-16,20,24-25,30-33,35-37,43,46H,7,17-19,21-23H2,1-6H3/b12-11-,26-16+,29-15-,42-34-/t24-,25-,30+,31-,32-,33+,35+,36+,37?,40?,41+/m0/s1. The quantitative estimate of drug-likeness (QED) is 0.174. The SMILES string of the molecule is CC[C@H]1OC2(CC[C@@H]1C)C[C@@H]1C[C@@H](C/C=C(\C)[C@H](OC(=O)/C(=N\OC)c3ccccc3)[C@@H](C)/C=C\C=C3\COC4[C@H](O)C(C)=C[C@@H](C(=O)O1)[C@]34O)O2. The molecule has 11 heteroatoms. The van der Waals surface area contributed by atoms with Crippen molar-refractivity contribution in [2.45, 2.75) is 121 Å². The van der Waals surface area contributed by atoms with Crippen molar-refractivity contribution in [1.82, 2.24) is 0 Å². The van der Waals surface area contributed by atoms with E-state index in [9.17, 15) is 19.8 Å². The molecule has 5 aliphatic rings. The minimum atomic E-state index is -1.84. The predicted molar refractivity (Wildman–Crippen MR) is 193 cm³/mol. The van der Waals surface area contributed by atoms with Gasteiger partial charge in [-0.1, -0.05) is 86.6 Å². The normalized spacial score (nSPS) is 41.0. The van der Waals surface area contributed by atoms with Gasteiger partial charge in [-0.05, 0) is 55.7 Å². The van der Waals surface area contributed by atoms with E-state index in [0.29, 0.717) is 48.3 Å². The molecule has 2 unspecified atom stereocenters. The fourth-order valence-electron chi connectivity index (χ4n) is 8.43. The highest BCUT2D eigenvalue weighted by Crippen LogP contribution is 2.47. The molecule has 0 amide bonds. The molecule has 0 aromatic heterocycles. The van der Waals surface area contributed by atoms with Crippen molar-refractivity contribution in [2.75, 3.05) is 13.7 Å². The van der Waals surface area contributed by atoms with Crippen molar-refractivity contribution < 1.29 is 48.3 Å². The number of esters is 2. The van der Waals surface area contributed by atoms with E-state index < -0.39 is 53.7 Å². The summed E-state index contributed by atoms with van der Waals surface area (Å²) in [7, 11) is 1.38. The molecule has 1 aromatic rings. The van der Waals surface area contributed by atoms with E-state index in [1.54, 1.807) is 37.3 Å². The molecule has 4 heterocycles. The Labute approximate surface area is 306 Å². The van der Waals surface area contributed by atoms with Crippen molar-refractivity contribution in [1.29, 1.82) is 0 Å². The van der Waals surface area contributed by atoms with Gasteiger partial charge in [-0.25, -0.2) is 4.79 Å². The van der Waals surface area contributed by atoms with E-state index in [0.717, 1.165) is 18.4 Å². The summed E-state index contributed by atoms with van der Waals surface area (Å²) in [4.78, 5) is 32.9. The van der Waals surface area contributed by atoms with Gasteiger partial charge in [0.15, 0.2) is 11.5 Å². The topological polar surface area (TPSA) is 142 Å². The summed E-state index contributed by atoms with van der Waals surface area (Å²) in [6.45, 7) is 9.88. The molecule has 1 spiro atoms. The van der Waals surface area contributed by atoms with E-state index in [1.165, 1.54) is 7.11 Å². The zero-order valence-corrected chi connectivity index (χ0v) is 31.0. The molecule has 0 radical (unpaired) electrons. The number of hydrogen-bond donors (Lipinski definition) is 2. The summed E-state index contributed by atoms with van der Waals surface area (Å²) in [6.07, 6.45) is 8.81. The Hall–Kier alpha value is -3.61. The number of aliphatic hydroxyl groups excluding tert-OH is 1. The Morgan fingerprint density at radius 3 is 2.60 bits per heavy atom. The van der Waals surface area contributed by atoms with Crippen molar-refractivity contribution in [3.8, 4) is 0 Å². The van der Waals surface area contributed by atoms with Crippen LogP contribution in [0.2, 0.25) is 0 Å². The average Bonchev–Trinajstić information content (AvgIpc) is 3.47. The van der Waals surface area contributed by atoms with E-state index in [1.807, 2.05) is 44.2 Å². The number of ether oxygens (including phenoxy) is 5. The summed E-state index contributed by atoms with van der Waals surface area (Å²) < 4.78 is 32.0. The number of hydrogen-bond acceptors (Lipinski definition) is 11. The Morgan fingerprint density at radius 2 is 1.87 bits per heavy atom. The molecule has 2 N–H and O–H groups in total. The predicted octanol–water partition coefficient (Wildman–Crippen LogP) is 5.50. The van der Waals surface area contributed by atoms with Gasteiger partial charge in [-0.15, -0.1) is 0 Å². The van der Waals surface area contributed by atoms with Gasteiger partial charge in [0.2, 0.25) is 0 Å². The van der Waals surface area contributed by atoms with Crippen LogP contribution < -0.4 is 0 Å². The molecule has 2 bridgehead atoms. The number of nitrogens with zero attached hydrogens (tertiary/aromatic N) is 1. The van der Waals surface area contributed by atoms with E-state index in [-0.39, 0.29) is 30.4 Å². The molecular weight excluding hydrogens is 666 g/mol. The first-order valence-electron chi connectivity index (χ1n) is 18.6. The van der Waals surface area contributed by atoms with E-state index >= 15 is 0 Å². The highest BCUT2D eigenvalue weighted by atomic mass is 16.7. The first kappa shape index (κ1) is 38.1. The highest BCUT2D eigenvalue weighted by molar-refractivity contribution is 6.43. The maximum atomic E-state index is 14.1. The lowest BCUT2D eigenvalue weighted by molar-refractivity contribution is -0.335. The molecule has 6 rings (SSSR count). The summed E-state index contributed by atoms with van der Waals surface area (Å²) in [5.41, 5.74) is 0.535. The van der Waals surface area contributed by atoms with Gasteiger partial charge >= 0.3 is 11.9 Å². The number of rotatable bonds is 5. The third-order valence-electron chi connectivity index (χ3n) is 11.4. The average molecular weight is 720 g/mol. The van der Waals surface area contributed by atoms with Crippen LogP contribution in [0.3, 0.4) is 0 Å². The minimum absolute atomic E-state index is 0.00166. The number of aliphatic hydroxyl groups is 2. The summed E-state index contributed by atoms with van der Waals surface area (Å²) in [5, 5.41) is 27.4. The second kappa shape index (κ2) is 15.8. The third-order valence-corrected chi connectivity index (χ3v) is 11.4. The van der Waals surface area contributed by atoms with Crippen LogP contribution >= 0.6 is 0 Å². The van der Waals surface area contributed by atoms with Gasteiger partial charge < -0.3 is 38.7 Å². The van der Waals surface area contributed by atoms with Crippen molar-refractivity contribution in [2.24, 2.45) is 22.9 Å². The molecule has 11 atom stereocenters. The Morgan fingerprint density at radius 1 is 1.10 bits per heavy atom. The Kier molecular flexibility index (Phi) is 11.6. The molecule has 1 aromatic carbocycles. The molecule has 282 valence electrons. The van der Waals surface area contributed by atoms with Crippen LogP contribution in [-0.4, -0.2) is 89.6 Å². The minimum Gasteiger partial charge on any atom is -0.462 e. The first-order valence-corrected chi connectivity index (χ1v) is 18.6. The van der Waals surface area contributed by atoms with Crippen molar-refractivity contribution >= 4 is 17.7 Å². The van der Waals surface area contributed by atoms with Crippen LogP contribution in [0.1, 0.15) is 78.7 Å². The zero-order chi connectivity index (χ0) is 37.2. The zero-order valence-electron chi connectivity index (χ0n) is 31.0. The Balaban J connectivity index is 1.39. The van der Waals surface area contributed by atoms with E-state index in [2.05, 4.69) is 19.0 Å². The molecule has 52 heavy (non-hydrogen) atoms. The molecule has 11 nitrogen and oxygen atoms in total. The first-order chi connectivity index (χ1) is 24.9. The van der Waals surface area contributed by atoms with Gasteiger partial charge in [0.25, 0.3) is 0 Å². The van der Waals surface area contributed by atoms with Crippen LogP contribution in [0.5, 0.6) is 0 Å². The summed E-state index contributed by atoms with van der Waals surface area (Å²) >= 11 is 0. The number of allylic oxidation sites excluding steroid dienone is 2. The number of benzene rings is 1. The monoisotopic (exact) mass is 719 g/mol. The van der Waals surface area contributed by atoms with Crippen molar-refractivity contribution in [3.05, 3.63) is 83.0 Å². The molecule has 4 aliphatic heterocycles. The van der Waals surface area contributed by atoms with Crippen LogP contribution in [0.4, 0.5) is 0 Å². The molecule has 3 saturated heterocycles. The van der Waals surface area contributed by atoms with Gasteiger partial charge in [0.05, 0.1) is 18.8 Å². The lowest BCUT2D eigenvalue weighted by atomic mass is 9.71. The lowest BCUT2D eigenvalue weighted by Gasteiger charge is -2.50. The second-order valence-electron chi connectivity index (χ2n) is 15.1. The van der Waals surface area contributed by atoms with E-state index in [4.69, 9.17) is 28.5 Å². The van der Waals surface area contributed by atoms with Crippen molar-refractivity contribution in [3.63, 3.8) is 0 Å².